The molecule has 1 aliphatic carbocycles. The molecule has 1 saturated heterocycles. The fourth-order valence-electron chi connectivity index (χ4n) is 4.01. The van der Waals surface area contributed by atoms with Gasteiger partial charge in [-0.2, -0.15) is 10.4 Å². The van der Waals surface area contributed by atoms with Crippen molar-refractivity contribution >= 4 is 17.2 Å². The van der Waals surface area contributed by atoms with Crippen LogP contribution in [0.1, 0.15) is 19.3 Å². The van der Waals surface area contributed by atoms with E-state index >= 15 is 0 Å². The van der Waals surface area contributed by atoms with Crippen molar-refractivity contribution in [2.45, 2.75) is 19.3 Å². The average molecular weight is 374 g/mol. The molecule has 4 heterocycles. The summed E-state index contributed by atoms with van der Waals surface area (Å²) >= 11 is 0. The summed E-state index contributed by atoms with van der Waals surface area (Å²) in [7, 11) is 1.58. The monoisotopic (exact) mass is 374 g/mol. The van der Waals surface area contributed by atoms with Crippen molar-refractivity contribution in [1.82, 2.24) is 19.6 Å². The van der Waals surface area contributed by atoms with E-state index in [0.717, 1.165) is 23.9 Å². The molecule has 3 aromatic rings. The Balaban J connectivity index is 1.63. The fraction of sp³-hybridized carbons (Fsp3) is 0.350. The summed E-state index contributed by atoms with van der Waals surface area (Å²) in [6.07, 6.45) is 9.22. The van der Waals surface area contributed by atoms with Gasteiger partial charge in [-0.05, 0) is 37.3 Å². The number of nitrogens with zero attached hydrogens (tertiary/aromatic N) is 6. The minimum atomic E-state index is -0.910. The second-order valence-corrected chi connectivity index (χ2v) is 7.29. The molecule has 0 N–H and O–H groups in total. The molecule has 3 aromatic heterocycles. The summed E-state index contributed by atoms with van der Waals surface area (Å²) in [5, 5.41) is 14.1. The van der Waals surface area contributed by atoms with Gasteiger partial charge >= 0.3 is 0 Å². The molecule has 2 fully saturated rings. The van der Waals surface area contributed by atoms with Gasteiger partial charge in [-0.15, -0.1) is 0 Å². The standard InChI is InChI=1S/C20H18N6O2/c1-28-15-8-13(9-22-10-15)16-11-26-17(4-6-23-26)18(24-16)25-7-5-20(12-21,19(25)27)14-2-3-14/h4,6,8-11,14H,2-3,5,7H2,1H3/t20-/m1/s1. The molecule has 0 spiro atoms. The van der Waals surface area contributed by atoms with E-state index in [1.807, 2.05) is 12.1 Å². The summed E-state index contributed by atoms with van der Waals surface area (Å²) in [5.41, 5.74) is 1.22. The quantitative estimate of drug-likeness (QED) is 0.696. The summed E-state index contributed by atoms with van der Waals surface area (Å²) in [6.45, 7) is 0.483. The number of hydrogen-bond donors (Lipinski definition) is 0. The molecule has 8 nitrogen and oxygen atoms in total. The van der Waals surface area contributed by atoms with E-state index in [1.54, 1.807) is 41.3 Å². The van der Waals surface area contributed by atoms with E-state index in [4.69, 9.17) is 9.72 Å². The number of rotatable bonds is 4. The molecule has 0 unspecified atom stereocenters. The van der Waals surface area contributed by atoms with Gasteiger partial charge in [0.2, 0.25) is 5.91 Å². The fourth-order valence-corrected chi connectivity index (χ4v) is 4.01. The lowest BCUT2D eigenvalue weighted by molar-refractivity contribution is -0.123. The smallest absolute Gasteiger partial charge is 0.249 e. The average Bonchev–Trinajstić information content (AvgIpc) is 3.38. The first kappa shape index (κ1) is 16.7. The number of carbonyl (C=O) groups is 1. The second-order valence-electron chi connectivity index (χ2n) is 7.29. The number of nitriles is 1. The van der Waals surface area contributed by atoms with Crippen LogP contribution >= 0.6 is 0 Å². The van der Waals surface area contributed by atoms with Crippen molar-refractivity contribution in [1.29, 1.82) is 5.26 Å². The van der Waals surface area contributed by atoms with E-state index in [0.29, 0.717) is 30.2 Å². The zero-order valence-corrected chi connectivity index (χ0v) is 15.4. The van der Waals surface area contributed by atoms with E-state index in [2.05, 4.69) is 16.2 Å². The lowest BCUT2D eigenvalue weighted by Crippen LogP contribution is -2.36. The van der Waals surface area contributed by atoms with E-state index in [-0.39, 0.29) is 11.8 Å². The predicted molar refractivity (Wildman–Crippen MR) is 101 cm³/mol. The Morgan fingerprint density at radius 1 is 1.36 bits per heavy atom. The van der Waals surface area contributed by atoms with E-state index in [9.17, 15) is 10.1 Å². The maximum atomic E-state index is 13.3. The Morgan fingerprint density at radius 2 is 2.21 bits per heavy atom. The summed E-state index contributed by atoms with van der Waals surface area (Å²) in [4.78, 5) is 23.9. The first-order valence-electron chi connectivity index (χ1n) is 9.23. The molecule has 1 amide bonds. The van der Waals surface area contributed by atoms with Crippen LogP contribution in [0.2, 0.25) is 0 Å². The normalized spacial score (nSPS) is 21.9. The van der Waals surface area contributed by atoms with Gasteiger partial charge < -0.3 is 4.74 Å². The number of hydrogen-bond acceptors (Lipinski definition) is 6. The summed E-state index contributed by atoms with van der Waals surface area (Å²) in [5.74, 6) is 1.17. The lowest BCUT2D eigenvalue weighted by Gasteiger charge is -2.21. The van der Waals surface area contributed by atoms with Crippen LogP contribution in [0.3, 0.4) is 0 Å². The number of methoxy groups -OCH3 is 1. The number of anilines is 1. The van der Waals surface area contributed by atoms with E-state index < -0.39 is 5.41 Å². The first-order chi connectivity index (χ1) is 13.7. The highest BCUT2D eigenvalue weighted by Crippen LogP contribution is 2.52. The first-order valence-corrected chi connectivity index (χ1v) is 9.23. The number of carbonyl (C=O) groups excluding carboxylic acids is 1. The highest BCUT2D eigenvalue weighted by Gasteiger charge is 2.57. The number of ether oxygens (including phenoxy) is 1. The Labute approximate surface area is 161 Å². The third-order valence-electron chi connectivity index (χ3n) is 5.70. The van der Waals surface area contributed by atoms with Gasteiger partial charge in [0.25, 0.3) is 0 Å². The van der Waals surface area contributed by atoms with Crippen LogP contribution in [0, 0.1) is 22.7 Å². The number of aromatic nitrogens is 4. The third-order valence-corrected chi connectivity index (χ3v) is 5.70. The third kappa shape index (κ3) is 2.36. The van der Waals surface area contributed by atoms with E-state index in [1.165, 1.54) is 0 Å². The molecule has 0 aromatic carbocycles. The minimum Gasteiger partial charge on any atom is -0.495 e. The zero-order valence-electron chi connectivity index (χ0n) is 15.4. The molecule has 1 saturated carbocycles. The van der Waals surface area contributed by atoms with Crippen molar-refractivity contribution in [2.24, 2.45) is 11.3 Å². The van der Waals surface area contributed by atoms with Gasteiger partial charge in [-0.25, -0.2) is 9.50 Å². The van der Waals surface area contributed by atoms with Crippen LogP contribution in [0.4, 0.5) is 5.82 Å². The lowest BCUT2D eigenvalue weighted by atomic mass is 9.83. The topological polar surface area (TPSA) is 96.4 Å². The van der Waals surface area contributed by atoms with Gasteiger partial charge in [0, 0.05) is 18.3 Å². The Hall–Kier alpha value is -3.47. The van der Waals surface area contributed by atoms with Crippen molar-refractivity contribution in [3.05, 3.63) is 36.9 Å². The van der Waals surface area contributed by atoms with Gasteiger partial charge in [-0.3, -0.25) is 14.7 Å². The van der Waals surface area contributed by atoms with Crippen LogP contribution < -0.4 is 9.64 Å². The zero-order chi connectivity index (χ0) is 19.3. The van der Waals surface area contributed by atoms with Crippen molar-refractivity contribution in [3.63, 3.8) is 0 Å². The number of fused-ring (bicyclic) bond motifs is 1. The molecule has 140 valence electrons. The van der Waals surface area contributed by atoms with Crippen LogP contribution in [0.15, 0.2) is 36.9 Å². The summed E-state index contributed by atoms with van der Waals surface area (Å²) in [6, 6.07) is 5.99. The van der Waals surface area contributed by atoms with Gasteiger partial charge in [0.1, 0.15) is 16.7 Å². The molecular formula is C20H18N6O2. The van der Waals surface area contributed by atoms with Gasteiger partial charge in [0.05, 0.1) is 37.5 Å². The van der Waals surface area contributed by atoms with Crippen LogP contribution in [0.5, 0.6) is 5.75 Å². The molecule has 2 aliphatic rings. The molecular weight excluding hydrogens is 356 g/mol. The Bertz CT molecular complexity index is 1130. The maximum Gasteiger partial charge on any atom is 0.249 e. The molecule has 5 rings (SSSR count). The minimum absolute atomic E-state index is 0.144. The van der Waals surface area contributed by atoms with Gasteiger partial charge in [-0.1, -0.05) is 0 Å². The molecule has 1 aliphatic heterocycles. The molecule has 1 atom stereocenters. The molecule has 28 heavy (non-hydrogen) atoms. The van der Waals surface area contributed by atoms with Crippen LogP contribution in [0.25, 0.3) is 16.8 Å². The second kappa shape index (κ2) is 6.02. The maximum absolute atomic E-state index is 13.3. The SMILES string of the molecule is COc1cncc(-c2cn3nccc3c(N3CC[C@@](C#N)(C4CC4)C3=O)n2)c1. The van der Waals surface area contributed by atoms with Crippen LogP contribution in [-0.4, -0.2) is 39.1 Å². The molecule has 8 heteroatoms. The van der Waals surface area contributed by atoms with Crippen LogP contribution in [-0.2, 0) is 4.79 Å². The number of pyridine rings is 1. The van der Waals surface area contributed by atoms with Crippen molar-refractivity contribution in [2.75, 3.05) is 18.6 Å². The molecule has 0 radical (unpaired) electrons. The van der Waals surface area contributed by atoms with Crippen molar-refractivity contribution < 1.29 is 9.53 Å². The highest BCUT2D eigenvalue weighted by atomic mass is 16.5. The number of amides is 1. The Kier molecular flexibility index (Phi) is 3.59. The highest BCUT2D eigenvalue weighted by molar-refractivity contribution is 6.04. The van der Waals surface area contributed by atoms with Gasteiger partial charge in [0.15, 0.2) is 5.82 Å². The van der Waals surface area contributed by atoms with Crippen molar-refractivity contribution in [3.8, 4) is 23.1 Å². The Morgan fingerprint density at radius 3 is 2.96 bits per heavy atom. The molecule has 0 bridgehead atoms. The predicted octanol–water partition coefficient (Wildman–Crippen LogP) is 2.46. The largest absolute Gasteiger partial charge is 0.495 e. The summed E-state index contributed by atoms with van der Waals surface area (Å²) < 4.78 is 6.96.